The van der Waals surface area contributed by atoms with E-state index < -0.39 is 0 Å². The van der Waals surface area contributed by atoms with Crippen LogP contribution in [0, 0.1) is 6.92 Å². The Balaban J connectivity index is 1.81. The fourth-order valence-corrected chi connectivity index (χ4v) is 3.45. The van der Waals surface area contributed by atoms with E-state index in [1.807, 2.05) is 18.2 Å². The number of hydrogen-bond donors (Lipinski definition) is 2. The van der Waals surface area contributed by atoms with Crippen molar-refractivity contribution in [1.82, 2.24) is 9.88 Å². The third kappa shape index (κ3) is 4.27. The predicted molar refractivity (Wildman–Crippen MR) is 107 cm³/mol. The van der Waals surface area contributed by atoms with Crippen molar-refractivity contribution < 1.29 is 9.84 Å². The van der Waals surface area contributed by atoms with Gasteiger partial charge in [0.2, 0.25) is 0 Å². The molecule has 0 unspecified atom stereocenters. The molecule has 2 N–H and O–H groups in total. The highest BCUT2D eigenvalue weighted by atomic mass is 35.5. The van der Waals surface area contributed by atoms with E-state index in [2.05, 4.69) is 47.1 Å². The summed E-state index contributed by atoms with van der Waals surface area (Å²) in [5.41, 5.74) is 4.89. The van der Waals surface area contributed by atoms with Gasteiger partial charge in [0.15, 0.2) is 0 Å². The van der Waals surface area contributed by atoms with E-state index in [1.54, 1.807) is 0 Å². The maximum atomic E-state index is 8.74. The normalized spacial score (nSPS) is 11.3. The van der Waals surface area contributed by atoms with Crippen molar-refractivity contribution >= 4 is 22.5 Å². The molecular weight excluding hydrogens is 348 g/mol. The first-order chi connectivity index (χ1) is 12.7. The molecule has 0 saturated carbocycles. The summed E-state index contributed by atoms with van der Waals surface area (Å²) in [6.07, 6.45) is 0. The van der Waals surface area contributed by atoms with Gasteiger partial charge in [-0.1, -0.05) is 48.0 Å². The number of aliphatic hydroxyl groups is 1. The molecule has 0 radical (unpaired) electrons. The van der Waals surface area contributed by atoms with Crippen LogP contribution in [0.5, 0.6) is 0 Å². The first kappa shape index (κ1) is 18.9. The molecule has 0 aliphatic carbocycles. The number of fused-ring (bicyclic) bond motifs is 1. The molecule has 0 amide bonds. The zero-order valence-electron chi connectivity index (χ0n) is 15.0. The summed E-state index contributed by atoms with van der Waals surface area (Å²) in [6.45, 7) is 5.50. The van der Waals surface area contributed by atoms with Gasteiger partial charge < -0.3 is 19.7 Å². The number of hydrogen-bond acceptors (Lipinski definition) is 3. The minimum absolute atomic E-state index is 0.0641. The molecule has 0 spiro atoms. The summed E-state index contributed by atoms with van der Waals surface area (Å²) in [7, 11) is 0. The largest absolute Gasteiger partial charge is 0.394 e. The van der Waals surface area contributed by atoms with Crippen LogP contribution in [-0.2, 0) is 17.8 Å². The standard InChI is InChI=1S/C21H25ClN2O2/c1-16-19(14-23-10-12-26-13-11-25)18-7-3-5-9-21(18)24(16)15-17-6-2-4-8-20(17)22/h2-9,23,25H,10-15H2,1H3. The Bertz CT molecular complexity index is 860. The van der Waals surface area contributed by atoms with E-state index in [-0.39, 0.29) is 6.61 Å². The third-order valence-corrected chi connectivity index (χ3v) is 4.98. The summed E-state index contributed by atoms with van der Waals surface area (Å²) in [5.74, 6) is 0. The van der Waals surface area contributed by atoms with Gasteiger partial charge in [0, 0.05) is 41.3 Å². The lowest BCUT2D eigenvalue weighted by Crippen LogP contribution is -2.20. The molecule has 3 rings (SSSR count). The lowest BCUT2D eigenvalue weighted by Gasteiger charge is -2.11. The monoisotopic (exact) mass is 372 g/mol. The van der Waals surface area contributed by atoms with E-state index in [4.69, 9.17) is 21.4 Å². The molecule has 0 aliphatic rings. The maximum absolute atomic E-state index is 8.74. The average molecular weight is 373 g/mol. The van der Waals surface area contributed by atoms with Crippen molar-refractivity contribution in [3.8, 4) is 0 Å². The highest BCUT2D eigenvalue weighted by Crippen LogP contribution is 2.28. The molecule has 3 aromatic rings. The van der Waals surface area contributed by atoms with E-state index in [0.717, 1.165) is 30.2 Å². The zero-order valence-corrected chi connectivity index (χ0v) is 15.8. The van der Waals surface area contributed by atoms with E-state index in [0.29, 0.717) is 13.2 Å². The summed E-state index contributed by atoms with van der Waals surface area (Å²) < 4.78 is 7.63. The number of benzene rings is 2. The molecule has 1 heterocycles. The van der Waals surface area contributed by atoms with Gasteiger partial charge in [0.05, 0.1) is 19.8 Å². The molecule has 5 heteroatoms. The lowest BCUT2D eigenvalue weighted by molar-refractivity contribution is 0.0938. The smallest absolute Gasteiger partial charge is 0.0698 e. The zero-order chi connectivity index (χ0) is 18.4. The molecule has 4 nitrogen and oxygen atoms in total. The fraction of sp³-hybridized carbons (Fsp3) is 0.333. The summed E-state index contributed by atoms with van der Waals surface area (Å²) >= 11 is 6.37. The number of aliphatic hydroxyl groups excluding tert-OH is 1. The average Bonchev–Trinajstić information content (AvgIpc) is 2.92. The van der Waals surface area contributed by atoms with Crippen LogP contribution in [0.15, 0.2) is 48.5 Å². The summed E-state index contributed by atoms with van der Waals surface area (Å²) in [5, 5.41) is 14.2. The molecule has 26 heavy (non-hydrogen) atoms. The van der Waals surface area contributed by atoms with Gasteiger partial charge in [0.1, 0.15) is 0 Å². The van der Waals surface area contributed by atoms with Crippen LogP contribution in [0.4, 0.5) is 0 Å². The minimum Gasteiger partial charge on any atom is -0.394 e. The second-order valence-electron chi connectivity index (χ2n) is 6.27. The van der Waals surface area contributed by atoms with Crippen molar-refractivity contribution in [2.45, 2.75) is 20.0 Å². The predicted octanol–water partition coefficient (Wildman–Crippen LogP) is 3.75. The van der Waals surface area contributed by atoms with Crippen LogP contribution in [0.25, 0.3) is 10.9 Å². The Morgan fingerprint density at radius 1 is 1.08 bits per heavy atom. The number of halogens is 1. The Kier molecular flexibility index (Phi) is 6.69. The van der Waals surface area contributed by atoms with Crippen LogP contribution in [0.1, 0.15) is 16.8 Å². The Labute approximate surface area is 159 Å². The van der Waals surface area contributed by atoms with Crippen LogP contribution in [-0.4, -0.2) is 36.0 Å². The van der Waals surface area contributed by atoms with Gasteiger partial charge in [-0.25, -0.2) is 0 Å². The molecule has 2 aromatic carbocycles. The molecule has 0 atom stereocenters. The van der Waals surface area contributed by atoms with E-state index in [1.165, 1.54) is 22.2 Å². The number of nitrogens with zero attached hydrogens (tertiary/aromatic N) is 1. The van der Waals surface area contributed by atoms with Crippen molar-refractivity contribution in [3.05, 3.63) is 70.4 Å². The van der Waals surface area contributed by atoms with E-state index in [9.17, 15) is 0 Å². The van der Waals surface area contributed by atoms with Gasteiger partial charge in [-0.3, -0.25) is 0 Å². The molecular formula is C21H25ClN2O2. The SMILES string of the molecule is Cc1c(CNCCOCCO)c2ccccc2n1Cc1ccccc1Cl. The molecule has 0 saturated heterocycles. The van der Waals surface area contributed by atoms with Crippen LogP contribution in [0.3, 0.4) is 0 Å². The Morgan fingerprint density at radius 3 is 2.65 bits per heavy atom. The van der Waals surface area contributed by atoms with E-state index >= 15 is 0 Å². The van der Waals surface area contributed by atoms with Crippen molar-refractivity contribution in [2.75, 3.05) is 26.4 Å². The number of para-hydroxylation sites is 1. The second-order valence-corrected chi connectivity index (χ2v) is 6.68. The molecule has 0 fully saturated rings. The molecule has 0 bridgehead atoms. The topological polar surface area (TPSA) is 46.4 Å². The quantitative estimate of drug-likeness (QED) is 0.562. The second kappa shape index (κ2) is 9.19. The summed E-state index contributed by atoms with van der Waals surface area (Å²) in [6, 6.07) is 16.5. The number of rotatable bonds is 9. The molecule has 138 valence electrons. The first-order valence-electron chi connectivity index (χ1n) is 8.91. The van der Waals surface area contributed by atoms with Gasteiger partial charge in [-0.05, 0) is 30.2 Å². The van der Waals surface area contributed by atoms with Crippen molar-refractivity contribution in [1.29, 1.82) is 0 Å². The van der Waals surface area contributed by atoms with Gasteiger partial charge in [-0.2, -0.15) is 0 Å². The van der Waals surface area contributed by atoms with Gasteiger partial charge in [-0.15, -0.1) is 0 Å². The Hall–Kier alpha value is -1.85. The third-order valence-electron chi connectivity index (χ3n) is 4.61. The van der Waals surface area contributed by atoms with Crippen LogP contribution >= 0.6 is 11.6 Å². The lowest BCUT2D eigenvalue weighted by atomic mass is 10.1. The number of ether oxygens (including phenoxy) is 1. The van der Waals surface area contributed by atoms with Crippen molar-refractivity contribution in [2.24, 2.45) is 0 Å². The number of aromatic nitrogens is 1. The fourth-order valence-electron chi connectivity index (χ4n) is 3.25. The highest BCUT2D eigenvalue weighted by molar-refractivity contribution is 6.31. The first-order valence-corrected chi connectivity index (χ1v) is 9.29. The van der Waals surface area contributed by atoms with Gasteiger partial charge >= 0.3 is 0 Å². The van der Waals surface area contributed by atoms with Crippen molar-refractivity contribution in [3.63, 3.8) is 0 Å². The van der Waals surface area contributed by atoms with Crippen LogP contribution < -0.4 is 5.32 Å². The van der Waals surface area contributed by atoms with Crippen LogP contribution in [0.2, 0.25) is 5.02 Å². The minimum atomic E-state index is 0.0641. The Morgan fingerprint density at radius 2 is 1.85 bits per heavy atom. The molecule has 0 aliphatic heterocycles. The van der Waals surface area contributed by atoms with Gasteiger partial charge in [0.25, 0.3) is 0 Å². The summed E-state index contributed by atoms with van der Waals surface area (Å²) in [4.78, 5) is 0. The molecule has 1 aromatic heterocycles. The highest BCUT2D eigenvalue weighted by Gasteiger charge is 2.14. The maximum Gasteiger partial charge on any atom is 0.0698 e. The number of nitrogens with one attached hydrogen (secondary N) is 1.